The molecular weight excluding hydrogens is 342 g/mol. The highest BCUT2D eigenvalue weighted by atomic mass is 32.2. The summed E-state index contributed by atoms with van der Waals surface area (Å²) in [6.07, 6.45) is 0. The Kier molecular flexibility index (Phi) is 4.58. The van der Waals surface area contributed by atoms with E-state index in [9.17, 15) is 8.42 Å². The van der Waals surface area contributed by atoms with Gasteiger partial charge in [0.05, 0.1) is 11.4 Å². The summed E-state index contributed by atoms with van der Waals surface area (Å²) in [5.41, 5.74) is 3.69. The monoisotopic (exact) mass is 361 g/mol. The fourth-order valence-corrected chi connectivity index (χ4v) is 4.94. The van der Waals surface area contributed by atoms with Gasteiger partial charge in [0.25, 0.3) is 10.0 Å². The number of rotatable bonds is 5. The minimum atomic E-state index is -3.47. The van der Waals surface area contributed by atoms with Gasteiger partial charge in [-0.25, -0.2) is 13.1 Å². The number of thiophene rings is 1. The fraction of sp³-hybridized carbons (Fsp3) is 0.235. The predicted molar refractivity (Wildman–Crippen MR) is 96.0 cm³/mol. The Morgan fingerprint density at radius 1 is 1.12 bits per heavy atom. The van der Waals surface area contributed by atoms with Crippen molar-refractivity contribution in [3.63, 3.8) is 0 Å². The SMILES string of the molecule is Cc1nn(-c2ccccc2)c(C)c1CN(C)S(=O)(=O)c1cccs1. The lowest BCUT2D eigenvalue weighted by molar-refractivity contribution is 0.467. The lowest BCUT2D eigenvalue weighted by Gasteiger charge is -2.16. The van der Waals surface area contributed by atoms with Crippen LogP contribution in [0.4, 0.5) is 0 Å². The van der Waals surface area contributed by atoms with Crippen LogP contribution < -0.4 is 0 Å². The van der Waals surface area contributed by atoms with Crippen molar-refractivity contribution in [3.05, 3.63) is 64.8 Å². The van der Waals surface area contributed by atoms with Crippen LogP contribution in [-0.4, -0.2) is 29.6 Å². The minimum absolute atomic E-state index is 0.296. The van der Waals surface area contributed by atoms with Gasteiger partial charge in [0.15, 0.2) is 0 Å². The summed E-state index contributed by atoms with van der Waals surface area (Å²) in [5.74, 6) is 0. The van der Waals surface area contributed by atoms with Crippen LogP contribution in [0.5, 0.6) is 0 Å². The zero-order valence-electron chi connectivity index (χ0n) is 13.8. The third-order valence-corrected chi connectivity index (χ3v) is 7.16. The van der Waals surface area contributed by atoms with E-state index in [0.717, 1.165) is 22.6 Å². The first kappa shape index (κ1) is 16.9. The first-order valence-electron chi connectivity index (χ1n) is 7.51. The number of sulfonamides is 1. The van der Waals surface area contributed by atoms with Crippen molar-refractivity contribution in [2.75, 3.05) is 7.05 Å². The van der Waals surface area contributed by atoms with Crippen molar-refractivity contribution in [2.45, 2.75) is 24.6 Å². The zero-order valence-corrected chi connectivity index (χ0v) is 15.4. The Morgan fingerprint density at radius 2 is 1.83 bits per heavy atom. The largest absolute Gasteiger partial charge is 0.252 e. The van der Waals surface area contributed by atoms with Gasteiger partial charge in [-0.15, -0.1) is 11.3 Å². The fourth-order valence-electron chi connectivity index (χ4n) is 2.60. The van der Waals surface area contributed by atoms with E-state index in [1.165, 1.54) is 15.6 Å². The second kappa shape index (κ2) is 6.51. The maximum Gasteiger partial charge on any atom is 0.252 e. The van der Waals surface area contributed by atoms with Gasteiger partial charge in [0.1, 0.15) is 4.21 Å². The number of aryl methyl sites for hydroxylation is 1. The first-order valence-corrected chi connectivity index (χ1v) is 9.83. The van der Waals surface area contributed by atoms with Crippen LogP contribution in [-0.2, 0) is 16.6 Å². The van der Waals surface area contributed by atoms with Gasteiger partial charge < -0.3 is 0 Å². The van der Waals surface area contributed by atoms with Gasteiger partial charge in [-0.05, 0) is 37.4 Å². The second-order valence-electron chi connectivity index (χ2n) is 5.59. The molecule has 0 spiro atoms. The van der Waals surface area contributed by atoms with Crippen LogP contribution in [0.25, 0.3) is 5.69 Å². The van der Waals surface area contributed by atoms with Crippen LogP contribution in [0.1, 0.15) is 17.0 Å². The number of hydrogen-bond acceptors (Lipinski definition) is 4. The number of benzene rings is 1. The van der Waals surface area contributed by atoms with Crippen molar-refractivity contribution in [1.82, 2.24) is 14.1 Å². The Balaban J connectivity index is 1.93. The quantitative estimate of drug-likeness (QED) is 0.700. The summed E-state index contributed by atoms with van der Waals surface area (Å²) < 4.78 is 28.8. The smallest absolute Gasteiger partial charge is 0.238 e. The number of aromatic nitrogens is 2. The molecule has 0 bridgehead atoms. The molecule has 0 atom stereocenters. The molecule has 0 fully saturated rings. The van der Waals surface area contributed by atoms with Crippen LogP contribution in [0, 0.1) is 13.8 Å². The van der Waals surface area contributed by atoms with Crippen molar-refractivity contribution in [1.29, 1.82) is 0 Å². The van der Waals surface area contributed by atoms with Gasteiger partial charge in [-0.1, -0.05) is 24.3 Å². The molecule has 1 aromatic carbocycles. The van der Waals surface area contributed by atoms with Gasteiger partial charge in [0.2, 0.25) is 0 Å². The summed E-state index contributed by atoms with van der Waals surface area (Å²) in [5, 5.41) is 6.34. The van der Waals surface area contributed by atoms with Crippen molar-refractivity contribution >= 4 is 21.4 Å². The highest BCUT2D eigenvalue weighted by Crippen LogP contribution is 2.24. The molecule has 2 heterocycles. The molecule has 5 nitrogen and oxygen atoms in total. The van der Waals surface area contributed by atoms with E-state index < -0.39 is 10.0 Å². The van der Waals surface area contributed by atoms with Crippen molar-refractivity contribution in [2.24, 2.45) is 0 Å². The van der Waals surface area contributed by atoms with Crippen molar-refractivity contribution < 1.29 is 8.42 Å². The Morgan fingerprint density at radius 3 is 2.46 bits per heavy atom. The topological polar surface area (TPSA) is 55.2 Å². The van der Waals surface area contributed by atoms with Crippen LogP contribution in [0.2, 0.25) is 0 Å². The Labute approximate surface area is 146 Å². The maximum absolute atomic E-state index is 12.6. The molecule has 3 aromatic rings. The minimum Gasteiger partial charge on any atom is -0.238 e. The molecule has 126 valence electrons. The lowest BCUT2D eigenvalue weighted by atomic mass is 10.2. The summed E-state index contributed by atoms with van der Waals surface area (Å²) >= 11 is 1.23. The van der Waals surface area contributed by atoms with Crippen LogP contribution >= 0.6 is 11.3 Å². The maximum atomic E-state index is 12.6. The highest BCUT2D eigenvalue weighted by Gasteiger charge is 2.24. The first-order chi connectivity index (χ1) is 11.4. The molecular formula is C17H19N3O2S2. The third kappa shape index (κ3) is 3.02. The molecule has 3 rings (SSSR count). The van der Waals surface area contributed by atoms with E-state index in [1.807, 2.05) is 48.9 Å². The lowest BCUT2D eigenvalue weighted by Crippen LogP contribution is -2.26. The molecule has 0 aliphatic rings. The summed E-state index contributed by atoms with van der Waals surface area (Å²) in [6, 6.07) is 13.2. The van der Waals surface area contributed by atoms with Gasteiger partial charge in [-0.3, -0.25) is 0 Å². The summed E-state index contributed by atoms with van der Waals surface area (Å²) in [6.45, 7) is 4.17. The molecule has 0 radical (unpaired) electrons. The molecule has 0 aliphatic carbocycles. The number of hydrogen-bond donors (Lipinski definition) is 0. The molecule has 0 aliphatic heterocycles. The van der Waals surface area contributed by atoms with Gasteiger partial charge in [-0.2, -0.15) is 9.40 Å². The molecule has 0 saturated heterocycles. The molecule has 7 heteroatoms. The van der Waals surface area contributed by atoms with E-state index in [0.29, 0.717) is 10.8 Å². The predicted octanol–water partition coefficient (Wildman–Crippen LogP) is 3.37. The molecule has 2 aromatic heterocycles. The van der Waals surface area contributed by atoms with Crippen LogP contribution in [0.15, 0.2) is 52.1 Å². The summed E-state index contributed by atoms with van der Waals surface area (Å²) in [4.78, 5) is 0. The Hall–Kier alpha value is -1.96. The molecule has 0 amide bonds. The van der Waals surface area contributed by atoms with E-state index in [1.54, 1.807) is 24.6 Å². The summed E-state index contributed by atoms with van der Waals surface area (Å²) in [7, 11) is -1.86. The number of para-hydroxylation sites is 1. The van der Waals surface area contributed by atoms with E-state index >= 15 is 0 Å². The van der Waals surface area contributed by atoms with Crippen molar-refractivity contribution in [3.8, 4) is 5.69 Å². The van der Waals surface area contributed by atoms with Crippen LogP contribution in [0.3, 0.4) is 0 Å². The van der Waals surface area contributed by atoms with Gasteiger partial charge >= 0.3 is 0 Å². The second-order valence-corrected chi connectivity index (χ2v) is 8.81. The van der Waals surface area contributed by atoms with E-state index in [-0.39, 0.29) is 0 Å². The third-order valence-electron chi connectivity index (χ3n) is 3.98. The molecule has 24 heavy (non-hydrogen) atoms. The van der Waals surface area contributed by atoms with Gasteiger partial charge in [0, 0.05) is 24.8 Å². The molecule has 0 unspecified atom stereocenters. The zero-order chi connectivity index (χ0) is 17.3. The standard InChI is InChI=1S/C17H19N3O2S2/c1-13-16(12-19(3)24(21,22)17-10-7-11-23-17)14(2)20(18-13)15-8-5-4-6-9-15/h4-11H,12H2,1-3H3. The van der Waals surface area contributed by atoms with E-state index in [2.05, 4.69) is 5.10 Å². The Bertz CT molecular complexity index is 930. The molecule has 0 N–H and O–H groups in total. The molecule has 0 saturated carbocycles. The normalized spacial score (nSPS) is 12.0. The number of nitrogens with zero attached hydrogens (tertiary/aromatic N) is 3. The average molecular weight is 361 g/mol. The van der Waals surface area contributed by atoms with E-state index in [4.69, 9.17) is 0 Å². The highest BCUT2D eigenvalue weighted by molar-refractivity contribution is 7.91. The average Bonchev–Trinajstić information content (AvgIpc) is 3.20.